The van der Waals surface area contributed by atoms with Crippen molar-refractivity contribution in [1.82, 2.24) is 0 Å². The van der Waals surface area contributed by atoms with Crippen LogP contribution < -0.4 is 0 Å². The Morgan fingerprint density at radius 1 is 1.13 bits per heavy atom. The van der Waals surface area contributed by atoms with Crippen LogP contribution >= 0.6 is 0 Å². The van der Waals surface area contributed by atoms with E-state index in [0.717, 1.165) is 12.0 Å². The second kappa shape index (κ2) is 7.41. The maximum atomic E-state index is 10.8. The minimum atomic E-state index is -0.523. The standard InChI is InChI=1S/C13H22O2/c1-10(2)6-5-7-11(3)8-13(15)9-12(4)14/h6-7,13,15H,5,8-9H2,1-4H3/b11-7+. The van der Waals surface area contributed by atoms with Crippen molar-refractivity contribution in [3.63, 3.8) is 0 Å². The van der Waals surface area contributed by atoms with Crippen molar-refractivity contribution < 1.29 is 9.90 Å². The summed E-state index contributed by atoms with van der Waals surface area (Å²) in [7, 11) is 0. The minimum absolute atomic E-state index is 0.0413. The molecule has 0 aliphatic heterocycles. The zero-order valence-corrected chi connectivity index (χ0v) is 10.2. The van der Waals surface area contributed by atoms with Crippen LogP contribution in [0.4, 0.5) is 0 Å². The first-order valence-corrected chi connectivity index (χ1v) is 5.38. The summed E-state index contributed by atoms with van der Waals surface area (Å²) < 4.78 is 0. The molecule has 1 N–H and O–H groups in total. The van der Waals surface area contributed by atoms with Crippen molar-refractivity contribution in [3.05, 3.63) is 23.3 Å². The summed E-state index contributed by atoms with van der Waals surface area (Å²) in [6.45, 7) is 7.62. The van der Waals surface area contributed by atoms with Gasteiger partial charge in [-0.2, -0.15) is 0 Å². The molecule has 0 fully saturated rings. The Hall–Kier alpha value is -0.890. The highest BCUT2D eigenvalue weighted by Gasteiger charge is 2.07. The predicted molar refractivity (Wildman–Crippen MR) is 63.7 cm³/mol. The molecule has 0 aromatic rings. The lowest BCUT2D eigenvalue weighted by Crippen LogP contribution is -2.11. The first-order valence-electron chi connectivity index (χ1n) is 5.38. The summed E-state index contributed by atoms with van der Waals surface area (Å²) in [5, 5.41) is 9.52. The number of aliphatic hydroxyl groups excluding tert-OH is 1. The van der Waals surface area contributed by atoms with Crippen LogP contribution in [-0.2, 0) is 4.79 Å². The summed E-state index contributed by atoms with van der Waals surface area (Å²) in [5.41, 5.74) is 2.43. The number of aliphatic hydroxyl groups is 1. The molecule has 0 aliphatic carbocycles. The van der Waals surface area contributed by atoms with Gasteiger partial charge in [0.1, 0.15) is 5.78 Å². The quantitative estimate of drug-likeness (QED) is 0.684. The van der Waals surface area contributed by atoms with Crippen molar-refractivity contribution in [1.29, 1.82) is 0 Å². The molecular weight excluding hydrogens is 188 g/mol. The number of hydrogen-bond acceptors (Lipinski definition) is 2. The molecule has 0 radical (unpaired) electrons. The molecule has 15 heavy (non-hydrogen) atoms. The van der Waals surface area contributed by atoms with Crippen LogP contribution in [0.15, 0.2) is 23.3 Å². The normalized spacial score (nSPS) is 13.5. The molecule has 0 bridgehead atoms. The Morgan fingerprint density at radius 3 is 2.20 bits per heavy atom. The summed E-state index contributed by atoms with van der Waals surface area (Å²) in [5.74, 6) is 0.0413. The summed E-state index contributed by atoms with van der Waals surface area (Å²) in [4.78, 5) is 10.8. The highest BCUT2D eigenvalue weighted by molar-refractivity contribution is 5.75. The van der Waals surface area contributed by atoms with E-state index < -0.39 is 6.10 Å². The van der Waals surface area contributed by atoms with Crippen molar-refractivity contribution in [2.45, 2.75) is 53.1 Å². The SMILES string of the molecule is CC(=O)CC(O)C/C(C)=C/CC=C(C)C. The van der Waals surface area contributed by atoms with E-state index in [1.165, 1.54) is 12.5 Å². The van der Waals surface area contributed by atoms with Crippen molar-refractivity contribution in [2.75, 3.05) is 0 Å². The van der Waals surface area contributed by atoms with E-state index in [2.05, 4.69) is 26.0 Å². The van der Waals surface area contributed by atoms with Crippen molar-refractivity contribution in [2.24, 2.45) is 0 Å². The third-order valence-electron chi connectivity index (χ3n) is 2.07. The maximum absolute atomic E-state index is 10.8. The number of hydrogen-bond donors (Lipinski definition) is 1. The zero-order chi connectivity index (χ0) is 11.8. The molecule has 0 spiro atoms. The van der Waals surface area contributed by atoms with Crippen LogP contribution in [-0.4, -0.2) is 17.0 Å². The van der Waals surface area contributed by atoms with Crippen LogP contribution in [0.1, 0.15) is 47.0 Å². The second-order valence-corrected chi connectivity index (χ2v) is 4.33. The van der Waals surface area contributed by atoms with Crippen LogP contribution in [0.25, 0.3) is 0 Å². The minimum Gasteiger partial charge on any atom is -0.392 e. The predicted octanol–water partition coefficient (Wildman–Crippen LogP) is 3.02. The molecule has 0 aliphatic rings. The van der Waals surface area contributed by atoms with E-state index in [-0.39, 0.29) is 12.2 Å². The lowest BCUT2D eigenvalue weighted by atomic mass is 10.0. The van der Waals surface area contributed by atoms with Gasteiger partial charge in [-0.25, -0.2) is 0 Å². The number of carbonyl (C=O) groups excluding carboxylic acids is 1. The van der Waals surface area contributed by atoms with Crippen molar-refractivity contribution in [3.8, 4) is 0 Å². The largest absolute Gasteiger partial charge is 0.392 e. The Labute approximate surface area is 92.7 Å². The average Bonchev–Trinajstić information content (AvgIpc) is 2.00. The third-order valence-corrected chi connectivity index (χ3v) is 2.07. The summed E-state index contributed by atoms with van der Waals surface area (Å²) in [6, 6.07) is 0. The molecule has 2 nitrogen and oxygen atoms in total. The number of Topliss-reactive ketones (excluding diaryl/α,β-unsaturated/α-hetero) is 1. The monoisotopic (exact) mass is 210 g/mol. The molecule has 0 heterocycles. The lowest BCUT2D eigenvalue weighted by Gasteiger charge is -2.08. The van der Waals surface area contributed by atoms with Crippen LogP contribution in [0.3, 0.4) is 0 Å². The third kappa shape index (κ3) is 9.42. The molecular formula is C13H22O2. The first kappa shape index (κ1) is 14.1. The van der Waals surface area contributed by atoms with Gasteiger partial charge in [0, 0.05) is 6.42 Å². The zero-order valence-electron chi connectivity index (χ0n) is 10.2. The van der Waals surface area contributed by atoms with E-state index in [4.69, 9.17) is 0 Å². The fourth-order valence-electron chi connectivity index (χ4n) is 1.35. The Bertz CT molecular complexity index is 258. The van der Waals surface area contributed by atoms with Gasteiger partial charge in [0.05, 0.1) is 6.10 Å². The van der Waals surface area contributed by atoms with Crippen LogP contribution in [0, 0.1) is 0 Å². The average molecular weight is 210 g/mol. The maximum Gasteiger partial charge on any atom is 0.132 e. The van der Waals surface area contributed by atoms with Crippen LogP contribution in [0.5, 0.6) is 0 Å². The van der Waals surface area contributed by atoms with E-state index in [1.54, 1.807) is 0 Å². The van der Waals surface area contributed by atoms with E-state index in [0.29, 0.717) is 6.42 Å². The van der Waals surface area contributed by atoms with Gasteiger partial charge in [0.2, 0.25) is 0 Å². The smallest absolute Gasteiger partial charge is 0.132 e. The molecule has 1 unspecified atom stereocenters. The number of ketones is 1. The Kier molecular flexibility index (Phi) is 6.97. The van der Waals surface area contributed by atoms with E-state index >= 15 is 0 Å². The second-order valence-electron chi connectivity index (χ2n) is 4.33. The summed E-state index contributed by atoms with van der Waals surface area (Å²) >= 11 is 0. The molecule has 1 atom stereocenters. The van der Waals surface area contributed by atoms with E-state index in [9.17, 15) is 9.90 Å². The van der Waals surface area contributed by atoms with Gasteiger partial charge in [-0.05, 0) is 40.5 Å². The highest BCUT2D eigenvalue weighted by Crippen LogP contribution is 2.09. The van der Waals surface area contributed by atoms with Gasteiger partial charge >= 0.3 is 0 Å². The van der Waals surface area contributed by atoms with Gasteiger partial charge in [-0.15, -0.1) is 0 Å². The van der Waals surface area contributed by atoms with Gasteiger partial charge in [0.15, 0.2) is 0 Å². The number of rotatable bonds is 6. The number of allylic oxidation sites excluding steroid dienone is 3. The first-order chi connectivity index (χ1) is 6.91. The topological polar surface area (TPSA) is 37.3 Å². The lowest BCUT2D eigenvalue weighted by molar-refractivity contribution is -0.118. The molecule has 0 rings (SSSR count). The fourth-order valence-corrected chi connectivity index (χ4v) is 1.35. The molecule has 0 aromatic heterocycles. The molecule has 0 aromatic carbocycles. The fraction of sp³-hybridized carbons (Fsp3) is 0.615. The van der Waals surface area contributed by atoms with Gasteiger partial charge in [0.25, 0.3) is 0 Å². The Balaban J connectivity index is 3.95. The highest BCUT2D eigenvalue weighted by atomic mass is 16.3. The molecule has 0 amide bonds. The van der Waals surface area contributed by atoms with Crippen molar-refractivity contribution >= 4 is 5.78 Å². The van der Waals surface area contributed by atoms with Gasteiger partial charge < -0.3 is 5.11 Å². The van der Waals surface area contributed by atoms with E-state index in [1.807, 2.05) is 6.92 Å². The summed E-state index contributed by atoms with van der Waals surface area (Å²) in [6.07, 6.45) is 5.47. The molecule has 0 saturated heterocycles. The molecule has 86 valence electrons. The van der Waals surface area contributed by atoms with Gasteiger partial charge in [-0.3, -0.25) is 4.79 Å². The Morgan fingerprint density at radius 2 is 1.73 bits per heavy atom. The molecule has 0 saturated carbocycles. The van der Waals surface area contributed by atoms with Crippen LogP contribution in [0.2, 0.25) is 0 Å². The van der Waals surface area contributed by atoms with Gasteiger partial charge in [-0.1, -0.05) is 23.3 Å². The number of carbonyl (C=O) groups is 1. The molecule has 2 heteroatoms.